The molecule has 0 saturated heterocycles. The fourth-order valence-corrected chi connectivity index (χ4v) is 1.55. The number of rotatable bonds is 6. The van der Waals surface area contributed by atoms with Gasteiger partial charge in [0.25, 0.3) is 5.91 Å². The molecule has 110 valence electrons. The average Bonchev–Trinajstić information content (AvgIpc) is 2.47. The van der Waals surface area contributed by atoms with Crippen molar-refractivity contribution in [3.63, 3.8) is 0 Å². The molecule has 0 aliphatic rings. The molecule has 0 fully saturated rings. The predicted octanol–water partition coefficient (Wildman–Crippen LogP) is 1.20. The Morgan fingerprint density at radius 1 is 1.24 bits per heavy atom. The second kappa shape index (κ2) is 6.51. The number of ether oxygens (including phenoxy) is 2. The van der Waals surface area contributed by atoms with Gasteiger partial charge in [-0.1, -0.05) is 12.1 Å². The predicted molar refractivity (Wildman–Crippen MR) is 75.6 cm³/mol. The molecular formula is C13H15N5O3. The summed E-state index contributed by atoms with van der Waals surface area (Å²) >= 11 is 0. The third kappa shape index (κ3) is 3.56. The van der Waals surface area contributed by atoms with Crippen LogP contribution in [0.15, 0.2) is 24.3 Å². The van der Waals surface area contributed by atoms with Gasteiger partial charge in [0.1, 0.15) is 5.75 Å². The minimum Gasteiger partial charge on any atom is -0.464 e. The first-order valence-electron chi connectivity index (χ1n) is 6.27. The van der Waals surface area contributed by atoms with E-state index >= 15 is 0 Å². The molecule has 3 N–H and O–H groups in total. The Kier molecular flexibility index (Phi) is 4.50. The Labute approximate surface area is 121 Å². The summed E-state index contributed by atoms with van der Waals surface area (Å²) in [5, 5.41) is 2.78. The third-order valence-electron chi connectivity index (χ3n) is 2.45. The average molecular weight is 289 g/mol. The summed E-state index contributed by atoms with van der Waals surface area (Å²) in [7, 11) is 1.66. The van der Waals surface area contributed by atoms with Crippen LogP contribution < -0.4 is 20.5 Å². The van der Waals surface area contributed by atoms with Crippen LogP contribution in [0, 0.1) is 0 Å². The number of hydrogen-bond acceptors (Lipinski definition) is 7. The van der Waals surface area contributed by atoms with E-state index in [1.807, 2.05) is 6.92 Å². The molecule has 8 heteroatoms. The summed E-state index contributed by atoms with van der Waals surface area (Å²) in [6.45, 7) is 2.22. The summed E-state index contributed by atoms with van der Waals surface area (Å²) in [4.78, 5) is 23.4. The molecule has 0 atom stereocenters. The molecule has 1 amide bonds. The van der Waals surface area contributed by atoms with Gasteiger partial charge in [-0.3, -0.25) is 4.79 Å². The number of amides is 1. The smallest absolute Gasteiger partial charge is 0.330 e. The van der Waals surface area contributed by atoms with Crippen LogP contribution in [0.4, 0.5) is 5.95 Å². The number of anilines is 1. The summed E-state index contributed by atoms with van der Waals surface area (Å²) in [6.07, 6.45) is 0. The van der Waals surface area contributed by atoms with Crippen LogP contribution in [0.2, 0.25) is 0 Å². The van der Waals surface area contributed by atoms with Crippen molar-refractivity contribution in [2.75, 3.05) is 19.0 Å². The monoisotopic (exact) mass is 289 g/mol. The lowest BCUT2D eigenvalue weighted by Crippen LogP contribution is -2.12. The van der Waals surface area contributed by atoms with E-state index in [1.165, 1.54) is 0 Å². The summed E-state index contributed by atoms with van der Waals surface area (Å²) in [6, 6.07) is 6.69. The van der Waals surface area contributed by atoms with Gasteiger partial charge in [0.05, 0.1) is 12.2 Å². The largest absolute Gasteiger partial charge is 0.464 e. The van der Waals surface area contributed by atoms with Crippen LogP contribution in [0.3, 0.4) is 0 Å². The maximum absolute atomic E-state index is 11.4. The number of benzene rings is 1. The van der Waals surface area contributed by atoms with E-state index in [1.54, 1.807) is 31.3 Å². The Morgan fingerprint density at radius 3 is 2.62 bits per heavy atom. The van der Waals surface area contributed by atoms with Gasteiger partial charge in [-0.15, -0.1) is 4.98 Å². The Bertz CT molecular complexity index is 647. The molecule has 21 heavy (non-hydrogen) atoms. The lowest BCUT2D eigenvalue weighted by molar-refractivity contribution is 0.0998. The number of nitrogens with one attached hydrogen (secondary N) is 1. The van der Waals surface area contributed by atoms with Crippen molar-refractivity contribution in [2.45, 2.75) is 6.92 Å². The molecule has 0 bridgehead atoms. The van der Waals surface area contributed by atoms with E-state index in [-0.39, 0.29) is 23.3 Å². The highest BCUT2D eigenvalue weighted by molar-refractivity contribution is 5.95. The van der Waals surface area contributed by atoms with Crippen LogP contribution >= 0.6 is 0 Å². The molecule has 8 nitrogen and oxygen atoms in total. The first-order chi connectivity index (χ1) is 10.1. The van der Waals surface area contributed by atoms with Gasteiger partial charge < -0.3 is 20.5 Å². The number of para-hydroxylation sites is 1. The van der Waals surface area contributed by atoms with Crippen LogP contribution in [-0.4, -0.2) is 34.5 Å². The molecule has 0 radical (unpaired) electrons. The number of carbonyl (C=O) groups is 1. The second-order valence-corrected chi connectivity index (χ2v) is 3.87. The molecule has 1 aromatic carbocycles. The normalized spacial score (nSPS) is 10.0. The topological polar surface area (TPSA) is 112 Å². The minimum absolute atomic E-state index is 0.00602. The lowest BCUT2D eigenvalue weighted by Gasteiger charge is -2.09. The molecule has 1 aromatic heterocycles. The van der Waals surface area contributed by atoms with Crippen LogP contribution in [0.1, 0.15) is 17.3 Å². The molecule has 2 rings (SSSR count). The van der Waals surface area contributed by atoms with E-state index in [0.29, 0.717) is 12.6 Å². The quantitative estimate of drug-likeness (QED) is 0.821. The van der Waals surface area contributed by atoms with Crippen molar-refractivity contribution in [3.05, 3.63) is 29.8 Å². The molecular weight excluding hydrogens is 274 g/mol. The van der Waals surface area contributed by atoms with Crippen molar-refractivity contribution >= 4 is 11.9 Å². The molecule has 0 aliphatic carbocycles. The zero-order chi connectivity index (χ0) is 15.2. The van der Waals surface area contributed by atoms with E-state index in [2.05, 4.69) is 20.3 Å². The number of carbonyl (C=O) groups excluding carboxylic acids is 1. The van der Waals surface area contributed by atoms with Crippen LogP contribution in [-0.2, 0) is 0 Å². The van der Waals surface area contributed by atoms with Gasteiger partial charge >= 0.3 is 12.0 Å². The minimum atomic E-state index is -0.599. The molecule has 0 spiro atoms. The van der Waals surface area contributed by atoms with E-state index in [0.717, 1.165) is 0 Å². The lowest BCUT2D eigenvalue weighted by atomic mass is 10.2. The Morgan fingerprint density at radius 2 is 1.95 bits per heavy atom. The number of nitrogens with two attached hydrogens (primary N) is 1. The third-order valence-corrected chi connectivity index (χ3v) is 2.45. The fraction of sp³-hybridized carbons (Fsp3) is 0.231. The first-order valence-corrected chi connectivity index (χ1v) is 6.27. The van der Waals surface area contributed by atoms with Crippen molar-refractivity contribution in [2.24, 2.45) is 5.73 Å². The molecule has 0 saturated carbocycles. The molecule has 0 aliphatic heterocycles. The van der Waals surface area contributed by atoms with Crippen molar-refractivity contribution < 1.29 is 14.3 Å². The van der Waals surface area contributed by atoms with Crippen molar-refractivity contribution in [1.82, 2.24) is 15.0 Å². The second-order valence-electron chi connectivity index (χ2n) is 3.87. The first kappa shape index (κ1) is 14.5. The van der Waals surface area contributed by atoms with Gasteiger partial charge in [-0.2, -0.15) is 9.97 Å². The number of nitrogens with zero attached hydrogens (tertiary/aromatic N) is 3. The maximum Gasteiger partial charge on any atom is 0.330 e. The standard InChI is InChI=1S/C13H15N5O3/c1-3-20-12-16-11(15-2)17-13(18-12)21-9-7-5-4-6-8(9)10(14)19/h4-7H,3H2,1-2H3,(H2,14,19)(H,15,16,17,18). The number of aromatic nitrogens is 3. The molecule has 1 heterocycles. The zero-order valence-electron chi connectivity index (χ0n) is 11.7. The highest BCUT2D eigenvalue weighted by Gasteiger charge is 2.13. The van der Waals surface area contributed by atoms with Gasteiger partial charge in [0.2, 0.25) is 5.95 Å². The van der Waals surface area contributed by atoms with Crippen LogP contribution in [0.25, 0.3) is 0 Å². The highest BCUT2D eigenvalue weighted by atomic mass is 16.5. The fourth-order valence-electron chi connectivity index (χ4n) is 1.55. The van der Waals surface area contributed by atoms with E-state index in [4.69, 9.17) is 15.2 Å². The maximum atomic E-state index is 11.4. The van der Waals surface area contributed by atoms with Gasteiger partial charge in [0, 0.05) is 7.05 Å². The van der Waals surface area contributed by atoms with E-state index < -0.39 is 5.91 Å². The van der Waals surface area contributed by atoms with E-state index in [9.17, 15) is 4.79 Å². The summed E-state index contributed by atoms with van der Waals surface area (Å²) in [5.41, 5.74) is 5.53. The summed E-state index contributed by atoms with van der Waals surface area (Å²) in [5.74, 6) is -0.0424. The SMILES string of the molecule is CCOc1nc(NC)nc(Oc2ccccc2C(N)=O)n1. The van der Waals surface area contributed by atoms with Crippen molar-refractivity contribution in [1.29, 1.82) is 0 Å². The molecule has 2 aromatic rings. The number of primary amides is 1. The van der Waals surface area contributed by atoms with Gasteiger partial charge in [0.15, 0.2) is 0 Å². The van der Waals surface area contributed by atoms with Crippen LogP contribution in [0.5, 0.6) is 17.8 Å². The van der Waals surface area contributed by atoms with Gasteiger partial charge in [-0.25, -0.2) is 0 Å². The zero-order valence-corrected chi connectivity index (χ0v) is 11.7. The highest BCUT2D eigenvalue weighted by Crippen LogP contribution is 2.24. The Balaban J connectivity index is 2.35. The molecule has 0 unspecified atom stereocenters. The number of hydrogen-bond donors (Lipinski definition) is 2. The van der Waals surface area contributed by atoms with Gasteiger partial charge in [-0.05, 0) is 19.1 Å². The Hall–Kier alpha value is -2.90. The summed E-state index contributed by atoms with van der Waals surface area (Å²) < 4.78 is 10.7. The van der Waals surface area contributed by atoms with Crippen molar-refractivity contribution in [3.8, 4) is 17.8 Å².